The molecule has 0 aromatic heterocycles. The first-order valence-electron chi connectivity index (χ1n) is 11.1. The van der Waals surface area contributed by atoms with Crippen molar-refractivity contribution >= 4 is 11.8 Å². The summed E-state index contributed by atoms with van der Waals surface area (Å²) in [6.45, 7) is 1.86. The second-order valence-corrected chi connectivity index (χ2v) is 8.57. The summed E-state index contributed by atoms with van der Waals surface area (Å²) in [6.07, 6.45) is 8.87. The van der Waals surface area contributed by atoms with E-state index in [0.29, 0.717) is 32.0 Å². The average molecular weight is 397 g/mol. The average Bonchev–Trinajstić information content (AvgIpc) is 2.74. The third-order valence-corrected chi connectivity index (χ3v) is 6.44. The second kappa shape index (κ2) is 11.1. The fraction of sp³-hybridized carbons (Fsp3) is 0.905. The molecule has 2 aliphatic heterocycles. The van der Waals surface area contributed by atoms with E-state index in [9.17, 15) is 14.7 Å². The molecule has 3 fully saturated rings. The van der Waals surface area contributed by atoms with Crippen molar-refractivity contribution in [3.8, 4) is 0 Å². The van der Waals surface area contributed by atoms with Gasteiger partial charge in [-0.2, -0.15) is 0 Å². The monoisotopic (exact) mass is 396 g/mol. The van der Waals surface area contributed by atoms with Crippen LogP contribution in [0.4, 0.5) is 0 Å². The van der Waals surface area contributed by atoms with Crippen LogP contribution in [0.15, 0.2) is 0 Å². The zero-order chi connectivity index (χ0) is 19.8. The van der Waals surface area contributed by atoms with Crippen LogP contribution in [0.3, 0.4) is 0 Å². The lowest BCUT2D eigenvalue weighted by molar-refractivity contribution is -0.139. The summed E-state index contributed by atoms with van der Waals surface area (Å²) in [4.78, 5) is 24.7. The first-order valence-corrected chi connectivity index (χ1v) is 11.1. The highest BCUT2D eigenvalue weighted by atomic mass is 16.5. The van der Waals surface area contributed by atoms with Gasteiger partial charge in [0.05, 0.1) is 25.2 Å². The third kappa shape index (κ3) is 6.42. The Labute approximate surface area is 167 Å². The lowest BCUT2D eigenvalue weighted by Gasteiger charge is -2.37. The van der Waals surface area contributed by atoms with Crippen molar-refractivity contribution in [1.82, 2.24) is 10.6 Å². The number of aliphatic hydroxyl groups is 1. The van der Waals surface area contributed by atoms with Crippen molar-refractivity contribution in [2.45, 2.75) is 82.5 Å². The maximum absolute atomic E-state index is 12.5. The maximum atomic E-state index is 12.5. The highest BCUT2D eigenvalue weighted by molar-refractivity contribution is 5.79. The number of ether oxygens (including phenoxy) is 2. The SMILES string of the molecule is O=C(C[C@@H]1CC[C@H](NC(=O)C2CCOCC2)[C@@H](CO)O1)NCC1CCCCC1. The van der Waals surface area contributed by atoms with Gasteiger partial charge in [-0.3, -0.25) is 9.59 Å². The number of carbonyl (C=O) groups is 2. The van der Waals surface area contributed by atoms with Gasteiger partial charge in [-0.15, -0.1) is 0 Å². The predicted molar refractivity (Wildman–Crippen MR) is 105 cm³/mol. The summed E-state index contributed by atoms with van der Waals surface area (Å²) in [5, 5.41) is 15.8. The number of rotatable bonds is 7. The molecule has 7 heteroatoms. The Balaban J connectivity index is 1.39. The standard InChI is InChI=1S/C21H36N2O5/c24-14-19-18(23-21(26)16-8-10-27-11-9-16)7-6-17(28-19)12-20(25)22-13-15-4-2-1-3-5-15/h15-19,24H,1-14H2,(H,22,25)(H,23,26)/t17-,18-,19+/m0/s1. The number of aliphatic hydroxyl groups excluding tert-OH is 1. The molecule has 1 aliphatic carbocycles. The van der Waals surface area contributed by atoms with Crippen molar-refractivity contribution in [2.24, 2.45) is 11.8 Å². The van der Waals surface area contributed by atoms with E-state index in [-0.39, 0.29) is 36.5 Å². The van der Waals surface area contributed by atoms with Crippen LogP contribution in [0, 0.1) is 11.8 Å². The molecule has 0 aromatic rings. The minimum atomic E-state index is -0.450. The molecule has 28 heavy (non-hydrogen) atoms. The maximum Gasteiger partial charge on any atom is 0.223 e. The molecule has 0 aromatic carbocycles. The summed E-state index contributed by atoms with van der Waals surface area (Å²) in [7, 11) is 0. The van der Waals surface area contributed by atoms with Crippen molar-refractivity contribution in [3.05, 3.63) is 0 Å². The van der Waals surface area contributed by atoms with E-state index >= 15 is 0 Å². The first-order chi connectivity index (χ1) is 13.7. The Hall–Kier alpha value is -1.18. The van der Waals surface area contributed by atoms with Crippen LogP contribution < -0.4 is 10.6 Å². The minimum absolute atomic E-state index is 0.0172. The lowest BCUT2D eigenvalue weighted by atomic mass is 9.89. The summed E-state index contributed by atoms with van der Waals surface area (Å²) in [5.41, 5.74) is 0. The largest absolute Gasteiger partial charge is 0.394 e. The van der Waals surface area contributed by atoms with Crippen LogP contribution in [-0.4, -0.2) is 61.5 Å². The molecule has 0 bridgehead atoms. The molecular weight excluding hydrogens is 360 g/mol. The molecule has 2 saturated heterocycles. The Bertz CT molecular complexity index is 503. The van der Waals surface area contributed by atoms with Crippen LogP contribution in [0.2, 0.25) is 0 Å². The second-order valence-electron chi connectivity index (χ2n) is 8.57. The zero-order valence-corrected chi connectivity index (χ0v) is 16.9. The van der Waals surface area contributed by atoms with Crippen LogP contribution in [0.1, 0.15) is 64.2 Å². The normalized spacial score (nSPS) is 30.0. The molecular formula is C21H36N2O5. The zero-order valence-electron chi connectivity index (χ0n) is 16.9. The molecule has 3 atom stereocenters. The van der Waals surface area contributed by atoms with E-state index in [1.165, 1.54) is 32.1 Å². The van der Waals surface area contributed by atoms with E-state index in [0.717, 1.165) is 25.8 Å². The summed E-state index contributed by atoms with van der Waals surface area (Å²) in [5.74, 6) is 0.646. The first kappa shape index (κ1) is 21.5. The number of amides is 2. The van der Waals surface area contributed by atoms with Crippen LogP contribution in [-0.2, 0) is 19.1 Å². The van der Waals surface area contributed by atoms with Gasteiger partial charge in [0, 0.05) is 25.7 Å². The number of nitrogens with one attached hydrogen (secondary N) is 2. The fourth-order valence-electron chi connectivity index (χ4n) is 4.64. The molecule has 3 aliphatic rings. The van der Waals surface area contributed by atoms with Gasteiger partial charge in [0.25, 0.3) is 0 Å². The molecule has 160 valence electrons. The summed E-state index contributed by atoms with van der Waals surface area (Å²) < 4.78 is 11.3. The number of hydrogen-bond acceptors (Lipinski definition) is 5. The van der Waals surface area contributed by atoms with E-state index in [1.54, 1.807) is 0 Å². The quantitative estimate of drug-likeness (QED) is 0.606. The predicted octanol–water partition coefficient (Wildman–Crippen LogP) is 1.52. The van der Waals surface area contributed by atoms with Gasteiger partial charge >= 0.3 is 0 Å². The molecule has 0 spiro atoms. The Kier molecular flexibility index (Phi) is 8.55. The summed E-state index contributed by atoms with van der Waals surface area (Å²) >= 11 is 0. The highest BCUT2D eigenvalue weighted by Gasteiger charge is 2.34. The molecule has 0 radical (unpaired) electrons. The molecule has 0 unspecified atom stereocenters. The van der Waals surface area contributed by atoms with Crippen LogP contribution in [0.5, 0.6) is 0 Å². The third-order valence-electron chi connectivity index (χ3n) is 6.44. The van der Waals surface area contributed by atoms with Crippen LogP contribution in [0.25, 0.3) is 0 Å². The molecule has 7 nitrogen and oxygen atoms in total. The number of carbonyl (C=O) groups excluding carboxylic acids is 2. The van der Waals surface area contributed by atoms with Gasteiger partial charge in [-0.05, 0) is 44.4 Å². The smallest absolute Gasteiger partial charge is 0.223 e. The van der Waals surface area contributed by atoms with Gasteiger partial charge in [0.2, 0.25) is 11.8 Å². The fourth-order valence-corrected chi connectivity index (χ4v) is 4.64. The Morgan fingerprint density at radius 2 is 1.71 bits per heavy atom. The van der Waals surface area contributed by atoms with Gasteiger partial charge in [-0.1, -0.05) is 19.3 Å². The van der Waals surface area contributed by atoms with Crippen molar-refractivity contribution in [3.63, 3.8) is 0 Å². The van der Waals surface area contributed by atoms with Gasteiger partial charge < -0.3 is 25.2 Å². The van der Waals surface area contributed by atoms with Gasteiger partial charge in [0.15, 0.2) is 0 Å². The highest BCUT2D eigenvalue weighted by Crippen LogP contribution is 2.25. The summed E-state index contributed by atoms with van der Waals surface area (Å²) in [6, 6.07) is -0.193. The number of hydrogen-bond donors (Lipinski definition) is 3. The molecule has 2 amide bonds. The lowest BCUT2D eigenvalue weighted by Crippen LogP contribution is -2.53. The van der Waals surface area contributed by atoms with Crippen LogP contribution >= 0.6 is 0 Å². The topological polar surface area (TPSA) is 96.9 Å². The van der Waals surface area contributed by atoms with Crippen molar-refractivity contribution in [2.75, 3.05) is 26.4 Å². The van der Waals surface area contributed by atoms with Crippen molar-refractivity contribution < 1.29 is 24.2 Å². The molecule has 3 rings (SSSR count). The molecule has 3 N–H and O–H groups in total. The molecule has 1 saturated carbocycles. The molecule has 2 heterocycles. The van der Waals surface area contributed by atoms with Gasteiger partial charge in [0.1, 0.15) is 6.10 Å². The minimum Gasteiger partial charge on any atom is -0.394 e. The van der Waals surface area contributed by atoms with E-state index in [2.05, 4.69) is 10.6 Å². The van der Waals surface area contributed by atoms with Crippen molar-refractivity contribution in [1.29, 1.82) is 0 Å². The van der Waals surface area contributed by atoms with E-state index in [1.807, 2.05) is 0 Å². The van der Waals surface area contributed by atoms with E-state index < -0.39 is 6.10 Å². The van der Waals surface area contributed by atoms with E-state index in [4.69, 9.17) is 9.47 Å². The Morgan fingerprint density at radius 1 is 0.964 bits per heavy atom. The Morgan fingerprint density at radius 3 is 2.43 bits per heavy atom. The van der Waals surface area contributed by atoms with Gasteiger partial charge in [-0.25, -0.2) is 0 Å².